The van der Waals surface area contributed by atoms with Crippen molar-refractivity contribution in [2.24, 2.45) is 11.8 Å². The van der Waals surface area contributed by atoms with Gasteiger partial charge in [-0.1, -0.05) is 30.7 Å². The summed E-state index contributed by atoms with van der Waals surface area (Å²) < 4.78 is 0. The highest BCUT2D eigenvalue weighted by atomic mass is 35.5. The molecule has 27 heavy (non-hydrogen) atoms. The van der Waals surface area contributed by atoms with Gasteiger partial charge in [0.2, 0.25) is 11.8 Å². The van der Waals surface area contributed by atoms with Gasteiger partial charge in [0.1, 0.15) is 5.54 Å². The predicted octanol–water partition coefficient (Wildman–Crippen LogP) is 2.37. The molecule has 4 heterocycles. The second kappa shape index (κ2) is 5.55. The summed E-state index contributed by atoms with van der Waals surface area (Å²) in [6.07, 6.45) is 2.45. The summed E-state index contributed by atoms with van der Waals surface area (Å²) in [6.45, 7) is 4.57. The maximum atomic E-state index is 13.5. The van der Waals surface area contributed by atoms with Crippen LogP contribution >= 0.6 is 11.6 Å². The Morgan fingerprint density at radius 3 is 2.81 bits per heavy atom. The number of amides is 3. The monoisotopic (exact) mass is 387 g/mol. The fraction of sp³-hybridized carbons (Fsp3) is 0.550. The number of likely N-dealkylation sites (tertiary alicyclic amines) is 1. The number of benzene rings is 1. The first-order valence-corrected chi connectivity index (χ1v) is 10.1. The molecule has 1 spiro atoms. The average molecular weight is 388 g/mol. The largest absolute Gasteiger partial charge is 0.323 e. The molecule has 3 unspecified atom stereocenters. The number of para-hydroxylation sites is 1. The van der Waals surface area contributed by atoms with E-state index in [1.54, 1.807) is 6.07 Å². The zero-order valence-corrected chi connectivity index (χ0v) is 16.1. The molecule has 1 N–H and O–H groups in total. The normalized spacial score (nSPS) is 35.6. The number of imide groups is 1. The third kappa shape index (κ3) is 1.83. The third-order valence-corrected chi connectivity index (χ3v) is 7.36. The van der Waals surface area contributed by atoms with Gasteiger partial charge in [0.05, 0.1) is 22.5 Å². The second-order valence-corrected chi connectivity index (χ2v) is 8.50. The molecule has 7 heteroatoms. The van der Waals surface area contributed by atoms with Crippen LogP contribution in [0.1, 0.15) is 38.7 Å². The van der Waals surface area contributed by atoms with Crippen LogP contribution in [0.4, 0.5) is 5.69 Å². The van der Waals surface area contributed by atoms with Crippen LogP contribution in [0.2, 0.25) is 5.02 Å². The van der Waals surface area contributed by atoms with E-state index in [4.69, 9.17) is 11.6 Å². The first-order chi connectivity index (χ1) is 12.9. The van der Waals surface area contributed by atoms with Crippen LogP contribution in [-0.4, -0.2) is 46.1 Å². The first kappa shape index (κ1) is 17.2. The Morgan fingerprint density at radius 1 is 1.30 bits per heavy atom. The number of hydrogen-bond donors (Lipinski definition) is 1. The van der Waals surface area contributed by atoms with Crippen LogP contribution in [0.25, 0.3) is 0 Å². The number of halogens is 1. The van der Waals surface area contributed by atoms with Gasteiger partial charge in [0.15, 0.2) is 0 Å². The van der Waals surface area contributed by atoms with Crippen LogP contribution in [0.15, 0.2) is 18.2 Å². The smallest absolute Gasteiger partial charge is 0.250 e. The summed E-state index contributed by atoms with van der Waals surface area (Å²) in [5.41, 5.74) is 0.199. The van der Waals surface area contributed by atoms with Crippen LogP contribution in [0.3, 0.4) is 0 Å². The minimum atomic E-state index is -1.12. The van der Waals surface area contributed by atoms with Gasteiger partial charge in [-0.3, -0.25) is 24.2 Å². The number of nitrogens with one attached hydrogen (secondary N) is 1. The molecule has 5 rings (SSSR count). The Balaban J connectivity index is 1.74. The van der Waals surface area contributed by atoms with Crippen molar-refractivity contribution in [3.05, 3.63) is 28.8 Å². The number of rotatable bonds is 2. The standard InChI is InChI=1S/C20H22ClN3O3/c1-3-10(2)24-17(25)14-13-8-5-9-23(13)20(15(14)18(24)26)11-6-4-7-12(21)16(11)22-19(20)27/h4,6-7,10,13-15H,3,5,8-9H2,1-2H3,(H,22,27)/t10?,13?,14-,15+,20?/m1/s1. The molecule has 3 amide bonds. The van der Waals surface area contributed by atoms with Gasteiger partial charge in [-0.05, 0) is 38.8 Å². The van der Waals surface area contributed by atoms with E-state index in [9.17, 15) is 14.4 Å². The van der Waals surface area contributed by atoms with E-state index in [0.717, 1.165) is 18.4 Å². The molecule has 0 radical (unpaired) electrons. The molecule has 5 atom stereocenters. The zero-order valence-electron chi connectivity index (χ0n) is 15.4. The van der Waals surface area contributed by atoms with Gasteiger partial charge in [0, 0.05) is 17.6 Å². The third-order valence-electron chi connectivity index (χ3n) is 7.04. The Hall–Kier alpha value is -1.92. The van der Waals surface area contributed by atoms with Crippen molar-refractivity contribution in [1.29, 1.82) is 0 Å². The van der Waals surface area contributed by atoms with E-state index in [2.05, 4.69) is 10.2 Å². The highest BCUT2D eigenvalue weighted by molar-refractivity contribution is 6.35. The molecule has 0 aromatic heterocycles. The maximum absolute atomic E-state index is 13.5. The topological polar surface area (TPSA) is 69.7 Å². The summed E-state index contributed by atoms with van der Waals surface area (Å²) in [7, 11) is 0. The molecule has 1 aromatic carbocycles. The minimum absolute atomic E-state index is 0.0730. The van der Waals surface area contributed by atoms with E-state index in [0.29, 0.717) is 23.7 Å². The lowest BCUT2D eigenvalue weighted by atomic mass is 9.75. The molecule has 4 aliphatic heterocycles. The minimum Gasteiger partial charge on any atom is -0.323 e. The van der Waals surface area contributed by atoms with E-state index in [-0.39, 0.29) is 29.8 Å². The number of nitrogens with zero attached hydrogens (tertiary/aromatic N) is 2. The number of fused-ring (bicyclic) bond motifs is 7. The van der Waals surface area contributed by atoms with Gasteiger partial charge in [-0.15, -0.1) is 0 Å². The van der Waals surface area contributed by atoms with Crippen molar-refractivity contribution in [3.63, 3.8) is 0 Å². The van der Waals surface area contributed by atoms with Crippen LogP contribution in [-0.2, 0) is 19.9 Å². The van der Waals surface area contributed by atoms with E-state index in [1.807, 2.05) is 26.0 Å². The SMILES string of the molecule is CCC(C)N1C(=O)[C@@H]2C3CCCN3C3(C(=O)Nc4c(Cl)cccc43)[C@@H]2C1=O. The Bertz CT molecular complexity index is 887. The number of hydrogen-bond acceptors (Lipinski definition) is 4. The van der Waals surface area contributed by atoms with Crippen molar-refractivity contribution < 1.29 is 14.4 Å². The molecular formula is C20H22ClN3O3. The molecule has 4 aliphatic rings. The molecule has 0 bridgehead atoms. The second-order valence-electron chi connectivity index (χ2n) is 8.09. The van der Waals surface area contributed by atoms with Gasteiger partial charge < -0.3 is 5.32 Å². The lowest BCUT2D eigenvalue weighted by molar-refractivity contribution is -0.147. The van der Waals surface area contributed by atoms with Crippen LogP contribution in [0.5, 0.6) is 0 Å². The number of anilines is 1. The first-order valence-electron chi connectivity index (χ1n) is 9.68. The molecule has 3 saturated heterocycles. The molecule has 3 fully saturated rings. The highest BCUT2D eigenvalue weighted by Gasteiger charge is 2.74. The predicted molar refractivity (Wildman–Crippen MR) is 100 cm³/mol. The Kier molecular flexibility index (Phi) is 3.53. The lowest BCUT2D eigenvalue weighted by Crippen LogP contribution is -2.54. The molecular weight excluding hydrogens is 366 g/mol. The lowest BCUT2D eigenvalue weighted by Gasteiger charge is -2.37. The van der Waals surface area contributed by atoms with Crippen molar-refractivity contribution in [2.75, 3.05) is 11.9 Å². The zero-order chi connectivity index (χ0) is 19.1. The van der Waals surface area contributed by atoms with Crippen molar-refractivity contribution >= 4 is 35.0 Å². The molecule has 1 aromatic rings. The van der Waals surface area contributed by atoms with Gasteiger partial charge in [-0.2, -0.15) is 0 Å². The van der Waals surface area contributed by atoms with Crippen molar-refractivity contribution in [3.8, 4) is 0 Å². The highest BCUT2D eigenvalue weighted by Crippen LogP contribution is 2.61. The summed E-state index contributed by atoms with van der Waals surface area (Å²) in [5, 5.41) is 3.39. The number of carbonyl (C=O) groups excluding carboxylic acids is 3. The summed E-state index contributed by atoms with van der Waals surface area (Å²) in [5.74, 6) is -1.68. The molecule has 0 aliphatic carbocycles. The molecule has 6 nitrogen and oxygen atoms in total. The van der Waals surface area contributed by atoms with Gasteiger partial charge >= 0.3 is 0 Å². The average Bonchev–Trinajstić information content (AvgIpc) is 3.34. The fourth-order valence-corrected chi connectivity index (χ4v) is 6.06. The quantitative estimate of drug-likeness (QED) is 0.791. The van der Waals surface area contributed by atoms with Crippen LogP contribution < -0.4 is 5.32 Å². The summed E-state index contributed by atoms with van der Waals surface area (Å²) in [4.78, 5) is 43.7. The van der Waals surface area contributed by atoms with Gasteiger partial charge in [-0.25, -0.2) is 0 Å². The van der Waals surface area contributed by atoms with E-state index in [1.165, 1.54) is 4.90 Å². The summed E-state index contributed by atoms with van der Waals surface area (Å²) >= 11 is 6.35. The maximum Gasteiger partial charge on any atom is 0.250 e. The van der Waals surface area contributed by atoms with E-state index >= 15 is 0 Å². The Labute approximate surface area is 162 Å². The Morgan fingerprint density at radius 2 is 2.07 bits per heavy atom. The summed E-state index contributed by atoms with van der Waals surface area (Å²) in [6, 6.07) is 5.19. The van der Waals surface area contributed by atoms with Crippen molar-refractivity contribution in [2.45, 2.75) is 50.7 Å². The molecule has 0 saturated carbocycles. The fourth-order valence-electron chi connectivity index (χ4n) is 5.83. The van der Waals surface area contributed by atoms with Crippen LogP contribution in [0, 0.1) is 11.8 Å². The molecule has 142 valence electrons. The van der Waals surface area contributed by atoms with E-state index < -0.39 is 17.4 Å². The van der Waals surface area contributed by atoms with Crippen molar-refractivity contribution in [1.82, 2.24) is 9.80 Å². The van der Waals surface area contributed by atoms with Gasteiger partial charge in [0.25, 0.3) is 5.91 Å². The number of carbonyl (C=O) groups is 3.